The van der Waals surface area contributed by atoms with Gasteiger partial charge in [-0.1, -0.05) is 12.0 Å². The molecule has 0 radical (unpaired) electrons. The van der Waals surface area contributed by atoms with Crippen LogP contribution >= 0.6 is 0 Å². The van der Waals surface area contributed by atoms with E-state index in [4.69, 9.17) is 4.98 Å². The molecule has 3 N–H and O–H groups in total. The van der Waals surface area contributed by atoms with Crippen LogP contribution < -0.4 is 10.0 Å². The first-order chi connectivity index (χ1) is 26.2. The number of nitrogens with one attached hydrogen (secondary N) is 2. The topological polar surface area (TPSA) is 144 Å². The van der Waals surface area contributed by atoms with E-state index in [2.05, 4.69) is 32.0 Å². The fourth-order valence-corrected chi connectivity index (χ4v) is 8.02. The number of benzene rings is 1. The van der Waals surface area contributed by atoms with Crippen LogP contribution in [0.4, 0.5) is 32.2 Å². The quantitative estimate of drug-likeness (QED) is 0.111. The van der Waals surface area contributed by atoms with E-state index in [0.717, 1.165) is 18.4 Å². The van der Waals surface area contributed by atoms with E-state index in [1.807, 2.05) is 0 Å². The van der Waals surface area contributed by atoms with Gasteiger partial charge in [0.05, 0.1) is 29.2 Å². The minimum absolute atomic E-state index is 0.0225. The van der Waals surface area contributed by atoms with E-state index in [-0.39, 0.29) is 47.6 Å². The first-order valence-corrected chi connectivity index (χ1v) is 19.3. The summed E-state index contributed by atoms with van der Waals surface area (Å²) in [7, 11) is -3.75. The zero-order chi connectivity index (χ0) is 40.5. The highest BCUT2D eigenvalue weighted by Gasteiger charge is 2.62. The zero-order valence-corrected chi connectivity index (χ0v) is 31.2. The minimum atomic E-state index is -3.75. The molecule has 0 bridgehead atoms. The highest BCUT2D eigenvalue weighted by molar-refractivity contribution is 7.92. The van der Waals surface area contributed by atoms with Crippen LogP contribution in [0.3, 0.4) is 0 Å². The number of aryl methyl sites for hydroxylation is 1. The summed E-state index contributed by atoms with van der Waals surface area (Å²) in [6, 6.07) is 9.44. The molecule has 4 aromatic heterocycles. The number of rotatable bonds is 10. The van der Waals surface area contributed by atoms with Gasteiger partial charge in [-0.2, -0.15) is 13.9 Å². The van der Waals surface area contributed by atoms with Gasteiger partial charge < -0.3 is 10.4 Å². The Morgan fingerprint density at radius 3 is 2.41 bits per heavy atom. The highest BCUT2D eigenvalue weighted by Crippen LogP contribution is 2.63. The maximum absolute atomic E-state index is 15.6. The van der Waals surface area contributed by atoms with Crippen LogP contribution in [0.5, 0.6) is 0 Å². The van der Waals surface area contributed by atoms with Gasteiger partial charge in [0, 0.05) is 23.1 Å². The summed E-state index contributed by atoms with van der Waals surface area (Å²) in [4.78, 5) is 23.1. The standard InChI is InChI=1S/C38H35F6N7O4S/c1-19-45-36(49-56(4,54)55)29-7-5-6-28(51(19)29)25-9-8-23(12-13-37(2,3)53)46-32(25)27(16-20-14-21(39)17-22(40)15-20)47-30(52)18-50-34-31(33(48-50)35(41)42)24-10-11-26(24)38(34,43)44/h5-9,14-15,17,24,26-27,35,49,53H,10-11,16,18H2,1-4H3,(H,47,52). The largest absolute Gasteiger partial charge is 0.378 e. The normalized spacial score (nSPS) is 17.9. The number of carbonyl (C=O) groups is 1. The van der Waals surface area contributed by atoms with Gasteiger partial charge in [-0.3, -0.25) is 18.6 Å². The SMILES string of the molecule is Cc1nc(NS(C)(=O)=O)c2cccc(-c3ccc(C#CC(C)(C)O)nc3C(Cc3cc(F)cc(F)c3)NC(=O)Cn3nc(C(F)F)c4c3C(F)(F)C3CCC43)n12. The number of pyridine rings is 2. The lowest BCUT2D eigenvalue weighted by Gasteiger charge is -2.34. The molecule has 1 amide bonds. The van der Waals surface area contributed by atoms with Crippen molar-refractivity contribution in [1.82, 2.24) is 29.5 Å². The number of fused-ring (bicyclic) bond motifs is 4. The molecule has 0 spiro atoms. The van der Waals surface area contributed by atoms with Gasteiger partial charge in [-0.25, -0.2) is 35.9 Å². The lowest BCUT2D eigenvalue weighted by molar-refractivity contribution is -0.123. The van der Waals surface area contributed by atoms with E-state index < -0.39 is 81.3 Å². The molecule has 4 heterocycles. The fourth-order valence-electron chi connectivity index (χ4n) is 7.52. The second kappa shape index (κ2) is 14.0. The lowest BCUT2D eigenvalue weighted by atomic mass is 9.73. The van der Waals surface area contributed by atoms with E-state index in [1.54, 1.807) is 35.6 Å². The van der Waals surface area contributed by atoms with Crippen molar-refractivity contribution in [3.63, 3.8) is 0 Å². The average molecular weight is 800 g/mol. The molecule has 1 aromatic carbocycles. The molecule has 0 saturated heterocycles. The summed E-state index contributed by atoms with van der Waals surface area (Å²) in [5.74, 6) is -2.51. The Morgan fingerprint density at radius 2 is 1.79 bits per heavy atom. The highest BCUT2D eigenvalue weighted by atomic mass is 32.2. The van der Waals surface area contributed by atoms with Gasteiger partial charge in [0.1, 0.15) is 46.7 Å². The molecule has 2 aliphatic carbocycles. The second-order valence-corrected chi connectivity index (χ2v) is 16.3. The van der Waals surface area contributed by atoms with Crippen LogP contribution in [-0.4, -0.2) is 55.4 Å². The van der Waals surface area contributed by atoms with E-state index in [0.29, 0.717) is 33.3 Å². The molecule has 1 saturated carbocycles. The number of alkyl halides is 4. The van der Waals surface area contributed by atoms with Gasteiger partial charge in [0.2, 0.25) is 15.9 Å². The smallest absolute Gasteiger partial charge is 0.293 e. The number of hydrogen-bond donors (Lipinski definition) is 3. The molecule has 3 unspecified atom stereocenters. The Bertz CT molecular complexity index is 2550. The molecular formula is C38H35F6N7O4S. The van der Waals surface area contributed by atoms with E-state index in [9.17, 15) is 35.9 Å². The Hall–Kier alpha value is -5.41. The first kappa shape index (κ1) is 38.8. The molecule has 1 fully saturated rings. The first-order valence-electron chi connectivity index (χ1n) is 17.4. The van der Waals surface area contributed by atoms with Crippen molar-refractivity contribution >= 4 is 27.3 Å². The van der Waals surface area contributed by atoms with Crippen LogP contribution in [0.15, 0.2) is 48.5 Å². The summed E-state index contributed by atoms with van der Waals surface area (Å²) in [6.07, 6.45) is -2.10. The van der Waals surface area contributed by atoms with Crippen LogP contribution in [-0.2, 0) is 33.7 Å². The molecule has 18 heteroatoms. The molecule has 0 aliphatic heterocycles. The molecule has 3 atom stereocenters. The van der Waals surface area contributed by atoms with Crippen molar-refractivity contribution in [2.75, 3.05) is 11.0 Å². The van der Waals surface area contributed by atoms with Gasteiger partial charge in [-0.05, 0) is 93.8 Å². The molecular weight excluding hydrogens is 765 g/mol. The predicted molar refractivity (Wildman–Crippen MR) is 192 cm³/mol. The number of nitrogens with zero attached hydrogens (tertiary/aromatic N) is 5. The van der Waals surface area contributed by atoms with Gasteiger partial charge >= 0.3 is 0 Å². The van der Waals surface area contributed by atoms with E-state index >= 15 is 8.78 Å². The van der Waals surface area contributed by atoms with Crippen molar-refractivity contribution in [2.45, 2.75) is 76.5 Å². The predicted octanol–water partition coefficient (Wildman–Crippen LogP) is 6.31. The third-order valence-electron chi connectivity index (χ3n) is 9.78. The molecule has 11 nitrogen and oxygen atoms in total. The zero-order valence-electron chi connectivity index (χ0n) is 30.3. The Balaban J connectivity index is 1.37. The second-order valence-electron chi connectivity index (χ2n) is 14.6. The number of sulfonamides is 1. The van der Waals surface area contributed by atoms with Crippen LogP contribution in [0.1, 0.15) is 84.8 Å². The van der Waals surface area contributed by atoms with Crippen LogP contribution in [0.2, 0.25) is 0 Å². The third-order valence-corrected chi connectivity index (χ3v) is 10.3. The monoisotopic (exact) mass is 799 g/mol. The number of carbonyl (C=O) groups excluding carboxylic acids is 1. The van der Waals surface area contributed by atoms with Gasteiger partial charge in [0.15, 0.2) is 5.82 Å². The number of halogens is 6. The number of anilines is 1. The maximum atomic E-state index is 15.6. The van der Waals surface area contributed by atoms with Crippen LogP contribution in [0.25, 0.3) is 16.8 Å². The van der Waals surface area contributed by atoms with Crippen molar-refractivity contribution < 1.29 is 44.7 Å². The summed E-state index contributed by atoms with van der Waals surface area (Å²) >= 11 is 0. The molecule has 56 heavy (non-hydrogen) atoms. The summed E-state index contributed by atoms with van der Waals surface area (Å²) in [5.41, 5.74) is -1.97. The molecule has 7 rings (SSSR count). The number of amides is 1. The van der Waals surface area contributed by atoms with Crippen molar-refractivity contribution in [1.29, 1.82) is 0 Å². The number of aliphatic hydroxyl groups is 1. The summed E-state index contributed by atoms with van der Waals surface area (Å²) < 4.78 is 117. The van der Waals surface area contributed by atoms with Crippen molar-refractivity contribution in [3.8, 4) is 23.1 Å². The fraction of sp³-hybridized carbons (Fsp3) is 0.368. The summed E-state index contributed by atoms with van der Waals surface area (Å²) in [5, 5.41) is 16.8. The minimum Gasteiger partial charge on any atom is -0.378 e. The number of hydrogen-bond acceptors (Lipinski definition) is 7. The Morgan fingerprint density at radius 1 is 1.07 bits per heavy atom. The number of imidazole rings is 1. The molecule has 294 valence electrons. The average Bonchev–Trinajstić information content (AvgIpc) is 3.63. The Labute approximate surface area is 317 Å². The molecule has 2 aliphatic rings. The number of aromatic nitrogens is 5. The molecule has 5 aromatic rings. The van der Waals surface area contributed by atoms with Crippen molar-refractivity contribution in [3.05, 3.63) is 99.9 Å². The van der Waals surface area contributed by atoms with E-state index in [1.165, 1.54) is 19.9 Å². The summed E-state index contributed by atoms with van der Waals surface area (Å²) in [6.45, 7) is 3.61. The van der Waals surface area contributed by atoms with Gasteiger partial charge in [-0.15, -0.1) is 0 Å². The lowest BCUT2D eigenvalue weighted by Crippen LogP contribution is -2.36. The van der Waals surface area contributed by atoms with Crippen molar-refractivity contribution in [2.24, 2.45) is 5.92 Å². The third kappa shape index (κ3) is 7.44. The van der Waals surface area contributed by atoms with Crippen LogP contribution in [0, 0.1) is 36.3 Å². The maximum Gasteiger partial charge on any atom is 0.293 e. The Kier molecular flexibility index (Phi) is 9.68. The van der Waals surface area contributed by atoms with Gasteiger partial charge in [0.25, 0.3) is 12.3 Å².